The Morgan fingerprint density at radius 3 is 1.46 bits per heavy atom. The molecule has 0 spiro atoms. The fourth-order valence-corrected chi connectivity index (χ4v) is 23.1. The minimum absolute atomic E-state index is 0.982. The van der Waals surface area contributed by atoms with Gasteiger partial charge >= 0.3 is 34.5 Å². The molecule has 0 heterocycles. The highest BCUT2D eigenvalue weighted by Crippen LogP contribution is 2.27. The maximum absolute atomic E-state index is 7.10. The van der Waals surface area contributed by atoms with Crippen molar-refractivity contribution in [2.45, 2.75) is 39.3 Å². The van der Waals surface area contributed by atoms with E-state index in [1.807, 2.05) is 68.3 Å². The monoisotopic (exact) mass is 564 g/mol. The minimum atomic E-state index is -3.31. The van der Waals surface area contributed by atoms with Crippen LogP contribution in [0.1, 0.15) is 0 Å². The lowest BCUT2D eigenvalue weighted by Crippen LogP contribution is -2.72. The largest absolute Gasteiger partial charge is 0.480 e. The Kier molecular flexibility index (Phi) is 10.2. The fourth-order valence-electron chi connectivity index (χ4n) is 3.64. The zero-order chi connectivity index (χ0) is 26.4. The summed E-state index contributed by atoms with van der Waals surface area (Å²) in [4.78, 5) is 0. The van der Waals surface area contributed by atoms with Crippen molar-refractivity contribution in [3.05, 3.63) is 85.2 Å². The lowest BCUT2D eigenvalue weighted by Gasteiger charge is -2.44. The molecule has 192 valence electrons. The third-order valence-corrected chi connectivity index (χ3v) is 23.9. The van der Waals surface area contributed by atoms with Crippen LogP contribution in [0.25, 0.3) is 0 Å². The molecular formula is C24H40O6Si5. The minimum Gasteiger partial charge on any atom is -0.426 e. The van der Waals surface area contributed by atoms with Gasteiger partial charge in [-0.15, -0.1) is 13.2 Å². The van der Waals surface area contributed by atoms with Crippen LogP contribution >= 0.6 is 0 Å². The molecule has 2 atom stereocenters. The second-order valence-corrected chi connectivity index (χ2v) is 26.5. The van der Waals surface area contributed by atoms with Crippen molar-refractivity contribution in [1.29, 1.82) is 0 Å². The summed E-state index contributed by atoms with van der Waals surface area (Å²) in [6.45, 7) is 20.0. The molecule has 0 radical (unpaired) electrons. The first-order chi connectivity index (χ1) is 16.3. The van der Waals surface area contributed by atoms with Gasteiger partial charge in [-0.2, -0.15) is 0 Å². The van der Waals surface area contributed by atoms with E-state index in [2.05, 4.69) is 50.5 Å². The maximum Gasteiger partial charge on any atom is 0.480 e. The Balaban J connectivity index is 2.64. The predicted octanol–water partition coefficient (Wildman–Crippen LogP) is 4.60. The van der Waals surface area contributed by atoms with E-state index in [1.54, 1.807) is 19.9 Å². The lowest BCUT2D eigenvalue weighted by molar-refractivity contribution is 0.174. The lowest BCUT2D eigenvalue weighted by atomic mass is 10.4. The summed E-state index contributed by atoms with van der Waals surface area (Å²) in [5, 5.41) is 1.96. The molecule has 0 aliphatic heterocycles. The van der Waals surface area contributed by atoms with Crippen molar-refractivity contribution in [2.75, 3.05) is 14.2 Å². The summed E-state index contributed by atoms with van der Waals surface area (Å²) >= 11 is 0. The van der Waals surface area contributed by atoms with E-state index in [9.17, 15) is 0 Å². The Hall–Kier alpha value is -1.24. The van der Waals surface area contributed by atoms with Gasteiger partial charge in [0.05, 0.1) is 0 Å². The molecule has 0 fully saturated rings. The summed E-state index contributed by atoms with van der Waals surface area (Å²) in [5.41, 5.74) is 3.68. The van der Waals surface area contributed by atoms with Crippen LogP contribution in [0.4, 0.5) is 0 Å². The first-order valence-electron chi connectivity index (χ1n) is 11.6. The first-order valence-corrected chi connectivity index (χ1v) is 23.8. The van der Waals surface area contributed by atoms with E-state index in [4.69, 9.17) is 25.3 Å². The van der Waals surface area contributed by atoms with E-state index in [0.29, 0.717) is 0 Å². The van der Waals surface area contributed by atoms with E-state index >= 15 is 0 Å². The van der Waals surface area contributed by atoms with Crippen LogP contribution in [-0.4, -0.2) is 57.0 Å². The Morgan fingerprint density at radius 2 is 1.09 bits per heavy atom. The Labute approximate surface area is 216 Å². The van der Waals surface area contributed by atoms with Crippen LogP contribution in [0.15, 0.2) is 85.2 Å². The van der Waals surface area contributed by atoms with Gasteiger partial charge in [-0.25, -0.2) is 0 Å². The van der Waals surface area contributed by atoms with Gasteiger partial charge in [0.15, 0.2) is 0 Å². The average Bonchev–Trinajstić information content (AvgIpc) is 2.83. The molecule has 2 aromatic carbocycles. The Bertz CT molecular complexity index is 935. The maximum atomic E-state index is 7.10. The second-order valence-electron chi connectivity index (χ2n) is 9.45. The van der Waals surface area contributed by atoms with Gasteiger partial charge < -0.3 is 25.3 Å². The predicted molar refractivity (Wildman–Crippen MR) is 155 cm³/mol. The molecule has 0 saturated heterocycles. The standard InChI is InChI=1S/C24H40O6Si5/c1-11-31(5,6)27-35(23-19-15-13-16-20-23,24-21-17-14-18-22-24)30-34(10,26-4)29-32(7,8)28-33(9,12-2)25-3/h11-22H,1-2H2,3-10H3. The molecule has 0 amide bonds. The van der Waals surface area contributed by atoms with Crippen molar-refractivity contribution in [1.82, 2.24) is 0 Å². The Morgan fingerprint density at radius 1 is 0.600 bits per heavy atom. The molecule has 0 N–H and O–H groups in total. The van der Waals surface area contributed by atoms with Crippen molar-refractivity contribution >= 4 is 53.2 Å². The quantitative estimate of drug-likeness (QED) is 0.313. The molecule has 0 bridgehead atoms. The van der Waals surface area contributed by atoms with Gasteiger partial charge in [-0.3, -0.25) is 0 Å². The van der Waals surface area contributed by atoms with Crippen molar-refractivity contribution in [3.8, 4) is 0 Å². The number of hydrogen-bond donors (Lipinski definition) is 0. The topological polar surface area (TPSA) is 55.4 Å². The molecule has 11 heteroatoms. The molecular weight excluding hydrogens is 525 g/mol. The van der Waals surface area contributed by atoms with Crippen molar-refractivity contribution in [3.63, 3.8) is 0 Å². The summed E-state index contributed by atoms with van der Waals surface area (Å²) in [7, 11) is -11.0. The first kappa shape index (κ1) is 30.0. The second kappa shape index (κ2) is 11.9. The summed E-state index contributed by atoms with van der Waals surface area (Å²) in [5.74, 6) is 0. The van der Waals surface area contributed by atoms with Crippen LogP contribution in [0.3, 0.4) is 0 Å². The molecule has 0 aliphatic carbocycles. The van der Waals surface area contributed by atoms with Crippen molar-refractivity contribution in [2.24, 2.45) is 0 Å². The highest BCUT2D eigenvalue weighted by Gasteiger charge is 2.55. The van der Waals surface area contributed by atoms with Crippen LogP contribution in [0.5, 0.6) is 0 Å². The SMILES string of the molecule is C=C[Si](C)(C)O[Si](O[Si](C)(OC)O[Si](C)(C)O[Si](C)(C=C)OC)(c1ccccc1)c1ccccc1. The summed E-state index contributed by atoms with van der Waals surface area (Å²) in [6, 6.07) is 20.2. The van der Waals surface area contributed by atoms with Gasteiger partial charge in [0, 0.05) is 20.8 Å². The summed E-state index contributed by atoms with van der Waals surface area (Å²) < 4.78 is 39.0. The van der Waals surface area contributed by atoms with E-state index in [-0.39, 0.29) is 0 Å². The highest BCUT2D eigenvalue weighted by molar-refractivity contribution is 7.02. The normalized spacial score (nSPS) is 16.2. The fraction of sp³-hybridized carbons (Fsp3) is 0.333. The zero-order valence-corrected chi connectivity index (χ0v) is 27.3. The zero-order valence-electron chi connectivity index (χ0n) is 22.3. The van der Waals surface area contributed by atoms with Gasteiger partial charge in [0.25, 0.3) is 0 Å². The molecule has 2 rings (SSSR count). The molecule has 0 saturated carbocycles. The molecule has 0 aromatic heterocycles. The van der Waals surface area contributed by atoms with Crippen LogP contribution in [-0.2, 0) is 25.3 Å². The van der Waals surface area contributed by atoms with Gasteiger partial charge in [-0.1, -0.05) is 72.1 Å². The van der Waals surface area contributed by atoms with Crippen molar-refractivity contribution < 1.29 is 25.3 Å². The number of rotatable bonds is 14. The molecule has 35 heavy (non-hydrogen) atoms. The molecule has 2 aromatic rings. The number of hydrogen-bond acceptors (Lipinski definition) is 6. The van der Waals surface area contributed by atoms with E-state index in [0.717, 1.165) is 10.4 Å². The molecule has 0 aliphatic rings. The van der Waals surface area contributed by atoms with E-state index in [1.165, 1.54) is 0 Å². The average molecular weight is 565 g/mol. The number of benzene rings is 2. The van der Waals surface area contributed by atoms with Crippen LogP contribution in [0.2, 0.25) is 39.3 Å². The molecule has 2 unspecified atom stereocenters. The third kappa shape index (κ3) is 7.87. The van der Waals surface area contributed by atoms with Crippen LogP contribution < -0.4 is 10.4 Å². The third-order valence-electron chi connectivity index (χ3n) is 5.56. The smallest absolute Gasteiger partial charge is 0.426 e. The highest BCUT2D eigenvalue weighted by atomic mass is 28.5. The van der Waals surface area contributed by atoms with Gasteiger partial charge in [-0.05, 0) is 43.1 Å². The van der Waals surface area contributed by atoms with Crippen LogP contribution in [0, 0.1) is 0 Å². The van der Waals surface area contributed by atoms with Gasteiger partial charge in [0.2, 0.25) is 8.32 Å². The summed E-state index contributed by atoms with van der Waals surface area (Å²) in [6.07, 6.45) is 0. The van der Waals surface area contributed by atoms with E-state index < -0.39 is 42.8 Å². The molecule has 6 nitrogen and oxygen atoms in total. The van der Waals surface area contributed by atoms with Gasteiger partial charge in [0.1, 0.15) is 0 Å².